The topological polar surface area (TPSA) is 89.9 Å². The molecule has 1 atom stereocenters. The zero-order valence-corrected chi connectivity index (χ0v) is 11.4. The summed E-state index contributed by atoms with van der Waals surface area (Å²) in [4.78, 5) is 11.5. The van der Waals surface area contributed by atoms with Crippen molar-refractivity contribution in [2.24, 2.45) is 5.92 Å². The van der Waals surface area contributed by atoms with Gasteiger partial charge < -0.3 is 9.47 Å². The zero-order chi connectivity index (χ0) is 17.4. The number of carbonyl (C=O) groups is 1. The Balaban J connectivity index is 3.20. The molecule has 0 aromatic carbocycles. The van der Waals surface area contributed by atoms with Crippen LogP contribution in [0.2, 0.25) is 0 Å². The van der Waals surface area contributed by atoms with Crippen LogP contribution in [0, 0.1) is 5.92 Å². The lowest BCUT2D eigenvalue weighted by Crippen LogP contribution is -2.61. The molecule has 130 valence electrons. The van der Waals surface area contributed by atoms with Gasteiger partial charge in [0.2, 0.25) is 0 Å². The van der Waals surface area contributed by atoms with E-state index in [9.17, 15) is 39.6 Å². The Bertz CT molecular complexity index is 510. The predicted molar refractivity (Wildman–Crippen MR) is 56.3 cm³/mol. The highest BCUT2D eigenvalue weighted by Gasteiger charge is 2.74. The van der Waals surface area contributed by atoms with Gasteiger partial charge >= 0.3 is 23.9 Å². The molecule has 1 heterocycles. The average Bonchev–Trinajstić information content (AvgIpc) is 2.23. The summed E-state index contributed by atoms with van der Waals surface area (Å²) in [7, 11) is -4.84. The first-order valence-electron chi connectivity index (χ1n) is 5.59. The molecule has 0 radical (unpaired) electrons. The first-order chi connectivity index (χ1) is 9.70. The second-order valence-electron chi connectivity index (χ2n) is 4.51. The van der Waals surface area contributed by atoms with Crippen LogP contribution in [0.15, 0.2) is 0 Å². The molecule has 0 saturated carbocycles. The lowest BCUT2D eigenvalue weighted by molar-refractivity contribution is -0.376. The minimum atomic E-state index is -5.98. The van der Waals surface area contributed by atoms with E-state index in [1.165, 1.54) is 0 Å². The summed E-state index contributed by atoms with van der Waals surface area (Å²) in [6.07, 6.45) is -13.7. The lowest BCUT2D eigenvalue weighted by Gasteiger charge is -2.38. The molecule has 1 saturated heterocycles. The van der Waals surface area contributed by atoms with Gasteiger partial charge in [0, 0.05) is 6.42 Å². The van der Waals surface area contributed by atoms with Crippen LogP contribution < -0.4 is 0 Å². The maximum atomic E-state index is 12.8. The fourth-order valence-electron chi connectivity index (χ4n) is 1.75. The molecule has 1 N–H and O–H groups in total. The summed E-state index contributed by atoms with van der Waals surface area (Å²) in [5.74, 6) is -5.51. The third-order valence-electron chi connectivity index (χ3n) is 2.85. The normalized spacial score (nSPS) is 24.3. The number of ether oxygens (including phenoxy) is 2. The van der Waals surface area contributed by atoms with Gasteiger partial charge in [-0.15, -0.1) is 0 Å². The second kappa shape index (κ2) is 5.85. The van der Waals surface area contributed by atoms with Crippen LogP contribution in [0.5, 0.6) is 0 Å². The van der Waals surface area contributed by atoms with Crippen molar-refractivity contribution in [2.45, 2.75) is 24.4 Å². The van der Waals surface area contributed by atoms with E-state index in [0.717, 1.165) is 0 Å². The molecule has 6 nitrogen and oxygen atoms in total. The van der Waals surface area contributed by atoms with Gasteiger partial charge in [0.1, 0.15) is 0 Å². The van der Waals surface area contributed by atoms with Crippen molar-refractivity contribution in [3.8, 4) is 0 Å². The van der Waals surface area contributed by atoms with Crippen LogP contribution in [0.4, 0.5) is 26.3 Å². The highest BCUT2D eigenvalue weighted by atomic mass is 32.2. The van der Waals surface area contributed by atoms with Crippen molar-refractivity contribution in [3.63, 3.8) is 0 Å². The molecule has 1 fully saturated rings. The third-order valence-corrected chi connectivity index (χ3v) is 3.68. The monoisotopic (exact) mass is 360 g/mol. The summed E-state index contributed by atoms with van der Waals surface area (Å²) >= 11 is 0. The standard InChI is InChI=1S/C9H10F6O6S/c10-8(11,12)7(9(13,14)15)1-2-20-3-5(6(16)21-7)4-22(17,18)19/h5H,1-4H2,(H,17,18,19). The van der Waals surface area contributed by atoms with Gasteiger partial charge in [0.15, 0.2) is 0 Å². The Morgan fingerprint density at radius 1 is 1.18 bits per heavy atom. The van der Waals surface area contributed by atoms with E-state index >= 15 is 0 Å². The molecule has 0 aromatic rings. The Kier molecular flexibility index (Phi) is 5.04. The largest absolute Gasteiger partial charge is 0.439 e. The van der Waals surface area contributed by atoms with Gasteiger partial charge in [-0.2, -0.15) is 34.8 Å². The first-order valence-corrected chi connectivity index (χ1v) is 7.20. The number of carbonyl (C=O) groups excluding carboxylic acids is 1. The number of alkyl halides is 6. The molecule has 1 aliphatic heterocycles. The summed E-state index contributed by atoms with van der Waals surface area (Å²) < 4.78 is 115. The van der Waals surface area contributed by atoms with Crippen LogP contribution in [-0.4, -0.2) is 55.9 Å². The fourth-order valence-corrected chi connectivity index (χ4v) is 2.49. The molecule has 0 aromatic heterocycles. The molecule has 0 amide bonds. The molecule has 0 bridgehead atoms. The van der Waals surface area contributed by atoms with E-state index < -0.39 is 65.3 Å². The van der Waals surface area contributed by atoms with Gasteiger partial charge in [-0.25, -0.2) is 0 Å². The summed E-state index contributed by atoms with van der Waals surface area (Å²) in [6.45, 7) is -1.88. The predicted octanol–water partition coefficient (Wildman–Crippen LogP) is 1.32. The molecule has 0 aliphatic carbocycles. The number of hydrogen-bond acceptors (Lipinski definition) is 5. The number of hydrogen-bond donors (Lipinski definition) is 1. The molecule has 13 heteroatoms. The maximum absolute atomic E-state index is 12.8. The smallest absolute Gasteiger partial charge is 0.437 e. The zero-order valence-electron chi connectivity index (χ0n) is 10.6. The molecule has 1 unspecified atom stereocenters. The van der Waals surface area contributed by atoms with Crippen LogP contribution in [0.25, 0.3) is 0 Å². The fraction of sp³-hybridized carbons (Fsp3) is 0.889. The summed E-state index contributed by atoms with van der Waals surface area (Å²) in [6, 6.07) is 0. The van der Waals surface area contributed by atoms with Crippen LogP contribution in [0.3, 0.4) is 0 Å². The van der Waals surface area contributed by atoms with Gasteiger partial charge in [-0.05, 0) is 0 Å². The van der Waals surface area contributed by atoms with E-state index in [4.69, 9.17) is 4.55 Å². The summed E-state index contributed by atoms with van der Waals surface area (Å²) in [5.41, 5.74) is -4.80. The first kappa shape index (κ1) is 19.0. The van der Waals surface area contributed by atoms with Gasteiger partial charge in [-0.1, -0.05) is 0 Å². The lowest BCUT2D eigenvalue weighted by atomic mass is 9.97. The van der Waals surface area contributed by atoms with E-state index in [1.54, 1.807) is 0 Å². The second-order valence-corrected chi connectivity index (χ2v) is 6.01. The number of esters is 1. The van der Waals surface area contributed by atoms with Crippen molar-refractivity contribution in [1.82, 2.24) is 0 Å². The number of cyclic esters (lactones) is 1. The van der Waals surface area contributed by atoms with Crippen molar-refractivity contribution in [2.75, 3.05) is 19.0 Å². The number of halogens is 6. The Morgan fingerprint density at radius 2 is 1.68 bits per heavy atom. The van der Waals surface area contributed by atoms with Crippen LogP contribution >= 0.6 is 0 Å². The van der Waals surface area contributed by atoms with Crippen LogP contribution in [0.1, 0.15) is 6.42 Å². The molecule has 1 rings (SSSR count). The van der Waals surface area contributed by atoms with Crippen molar-refractivity contribution in [1.29, 1.82) is 0 Å². The molecule has 22 heavy (non-hydrogen) atoms. The van der Waals surface area contributed by atoms with Crippen molar-refractivity contribution < 1.29 is 53.6 Å². The quantitative estimate of drug-likeness (QED) is 0.454. The average molecular weight is 360 g/mol. The van der Waals surface area contributed by atoms with E-state index in [1.807, 2.05) is 0 Å². The third kappa shape index (κ3) is 4.01. The van der Waals surface area contributed by atoms with Crippen molar-refractivity contribution in [3.05, 3.63) is 0 Å². The molecule has 1 aliphatic rings. The highest BCUT2D eigenvalue weighted by molar-refractivity contribution is 7.85. The Hall–Kier alpha value is -1.08. The maximum Gasteiger partial charge on any atom is 0.437 e. The van der Waals surface area contributed by atoms with E-state index in [-0.39, 0.29) is 0 Å². The SMILES string of the molecule is O=C1OC(C(F)(F)F)(C(F)(F)F)CCOCC1CS(=O)(=O)O. The van der Waals surface area contributed by atoms with E-state index in [2.05, 4.69) is 9.47 Å². The highest BCUT2D eigenvalue weighted by Crippen LogP contribution is 2.49. The van der Waals surface area contributed by atoms with Crippen LogP contribution in [-0.2, 0) is 24.4 Å². The Labute approximate surface area is 120 Å². The summed E-state index contributed by atoms with van der Waals surface area (Å²) in [5, 5.41) is 0. The van der Waals surface area contributed by atoms with Gasteiger partial charge in [-0.3, -0.25) is 9.35 Å². The van der Waals surface area contributed by atoms with E-state index in [0.29, 0.717) is 0 Å². The number of rotatable bonds is 2. The van der Waals surface area contributed by atoms with Gasteiger partial charge in [0.25, 0.3) is 10.1 Å². The van der Waals surface area contributed by atoms with Crippen molar-refractivity contribution >= 4 is 16.1 Å². The Morgan fingerprint density at radius 3 is 2.09 bits per heavy atom. The minimum Gasteiger partial charge on any atom is -0.439 e. The van der Waals surface area contributed by atoms with Gasteiger partial charge in [0.05, 0.1) is 24.9 Å². The minimum absolute atomic E-state index is 0.801. The molecule has 0 spiro atoms. The molecular formula is C9H10F6O6S. The molecular weight excluding hydrogens is 350 g/mol.